The van der Waals surface area contributed by atoms with Crippen molar-refractivity contribution in [1.82, 2.24) is 40.1 Å². The number of phenols is 2. The van der Waals surface area contributed by atoms with E-state index in [1.807, 2.05) is 184 Å². The van der Waals surface area contributed by atoms with Gasteiger partial charge in [-0.2, -0.15) is 10.2 Å². The van der Waals surface area contributed by atoms with Gasteiger partial charge in [0.2, 0.25) is 5.91 Å². The fourth-order valence-electron chi connectivity index (χ4n) is 16.4. The molecule has 0 atom stereocenters. The van der Waals surface area contributed by atoms with Crippen LogP contribution in [0.4, 0.5) is 34.4 Å². The molecular formula is C110H121B3N12O16. The van der Waals surface area contributed by atoms with Gasteiger partial charge < -0.3 is 99.9 Å². The Labute approximate surface area is 824 Å². The van der Waals surface area contributed by atoms with Gasteiger partial charge in [-0.05, 0) is 225 Å². The summed E-state index contributed by atoms with van der Waals surface area (Å²) >= 11 is 0. The van der Waals surface area contributed by atoms with Crippen molar-refractivity contribution in [2.24, 2.45) is 0 Å². The van der Waals surface area contributed by atoms with E-state index >= 15 is 0 Å². The normalized spacial score (nSPS) is 12.8. The maximum absolute atomic E-state index is 12.7. The molecule has 14 aromatic rings. The number of H-pyrrole nitrogens is 2. The Morgan fingerprint density at radius 3 is 1.13 bits per heavy atom. The maximum atomic E-state index is 12.7. The van der Waals surface area contributed by atoms with Gasteiger partial charge in [-0.1, -0.05) is 146 Å². The van der Waals surface area contributed by atoms with E-state index in [0.29, 0.717) is 76.1 Å². The molecular weight excluding hydrogens is 1780 g/mol. The Bertz CT molecular complexity index is 6530. The predicted octanol–water partition coefficient (Wildman–Crippen LogP) is 19.8. The highest BCUT2D eigenvalue weighted by molar-refractivity contribution is 6.46. The number of aromatic amines is 2. The number of nitrogens with one attached hydrogen (secondary N) is 6. The Balaban J connectivity index is 0.000000144. The number of methoxy groups -OCH3 is 7. The molecule has 31 heteroatoms. The Hall–Kier alpha value is -14.9. The van der Waals surface area contributed by atoms with Crippen LogP contribution in [0.1, 0.15) is 107 Å². The maximum Gasteiger partial charge on any atom is 0.376 e. The average molecular weight is 1900 g/mol. The molecule has 13 N–H and O–H groups in total. The lowest BCUT2D eigenvalue weighted by Crippen LogP contribution is -2.38. The van der Waals surface area contributed by atoms with Crippen LogP contribution in [-0.4, -0.2) is 179 Å². The first-order chi connectivity index (χ1) is 68.3. The largest absolute Gasteiger partial charge is 0.508 e. The second-order valence-corrected chi connectivity index (χ2v) is 35.2. The fraction of sp³-hybridized carbons (Fsp3) is 0.255. The average Bonchev–Trinajstić information content (AvgIpc) is 1.75. The van der Waals surface area contributed by atoms with E-state index in [2.05, 4.69) is 115 Å². The molecule has 0 spiro atoms. The molecule has 4 aliphatic rings. The quantitative estimate of drug-likeness (QED) is 0.00562. The SMILES string of the molecule is CB(O)N(Cc1cccc(N)c1)C1CC1.COC(=O)CC(=O)c1ccc(-c2ccc(OC)cc2OC)cc1.COc1ccc(-c2ccc(-c3cc(Nc4cccc(CN(B(C)O)C5CC5)c4)n[nH]3)cc2)c(OC)c1.COc1ccc(-c2ccc(C(=O)CC(=O)Nc3cccc(CN(B(C)O)C4CC4)c3)cc2)c(OC)c1.Oc1ccc(-c2ccc(-c3cc(Nc4cccc(CNC5CC5)c4)n[nH]3)cc2)c(O)c1. The van der Waals surface area contributed by atoms with Gasteiger partial charge in [-0.3, -0.25) is 29.4 Å². The summed E-state index contributed by atoms with van der Waals surface area (Å²) < 4.78 is 36.6. The molecule has 28 nitrogen and oxygen atoms in total. The van der Waals surface area contributed by atoms with Crippen LogP contribution < -0.4 is 55.4 Å². The van der Waals surface area contributed by atoms with Crippen LogP contribution in [0.3, 0.4) is 0 Å². The van der Waals surface area contributed by atoms with E-state index in [1.54, 1.807) is 98.0 Å². The summed E-state index contributed by atoms with van der Waals surface area (Å²) in [5.41, 5.74) is 25.7. The number of anilines is 6. The lowest BCUT2D eigenvalue weighted by Gasteiger charge is -2.23. The van der Waals surface area contributed by atoms with Gasteiger partial charge in [-0.25, -0.2) is 0 Å². The van der Waals surface area contributed by atoms with Crippen molar-refractivity contribution < 1.29 is 77.6 Å². The highest BCUT2D eigenvalue weighted by atomic mass is 16.5. The first kappa shape index (κ1) is 102. The third-order valence-electron chi connectivity index (χ3n) is 24.6. The van der Waals surface area contributed by atoms with Crippen LogP contribution in [0.2, 0.25) is 20.5 Å². The van der Waals surface area contributed by atoms with Crippen molar-refractivity contribution in [3.63, 3.8) is 0 Å². The molecule has 726 valence electrons. The zero-order chi connectivity index (χ0) is 99.6. The number of ether oxygens (including phenoxy) is 7. The van der Waals surface area contributed by atoms with Crippen molar-refractivity contribution in [2.75, 3.05) is 71.5 Å². The van der Waals surface area contributed by atoms with Gasteiger partial charge >= 0.3 is 27.1 Å². The highest BCUT2D eigenvalue weighted by Crippen LogP contribution is 2.41. The Kier molecular flexibility index (Phi) is 35.5. The lowest BCUT2D eigenvalue weighted by molar-refractivity contribution is -0.139. The molecule has 1 amide bonds. The molecule has 2 aromatic heterocycles. The van der Waals surface area contributed by atoms with E-state index in [9.17, 15) is 44.5 Å². The Morgan fingerprint density at radius 2 is 0.752 bits per heavy atom. The number of hydrogen-bond acceptors (Lipinski definition) is 25. The number of carbonyl (C=O) groups is 4. The smallest absolute Gasteiger partial charge is 0.376 e. The molecule has 0 bridgehead atoms. The van der Waals surface area contributed by atoms with Gasteiger partial charge in [0.25, 0.3) is 0 Å². The van der Waals surface area contributed by atoms with Crippen molar-refractivity contribution in [3.8, 4) is 113 Å². The van der Waals surface area contributed by atoms with Gasteiger partial charge in [0.05, 0.1) is 67.6 Å². The molecule has 0 aliphatic heterocycles. The summed E-state index contributed by atoms with van der Waals surface area (Å²) in [6.07, 6.45) is 8.96. The number of rotatable bonds is 38. The number of hydrogen-bond donors (Lipinski definition) is 12. The second-order valence-electron chi connectivity index (χ2n) is 35.2. The van der Waals surface area contributed by atoms with E-state index in [0.717, 1.165) is 158 Å². The van der Waals surface area contributed by atoms with Crippen LogP contribution >= 0.6 is 0 Å². The number of aromatic nitrogens is 4. The lowest BCUT2D eigenvalue weighted by atomic mass is 9.84. The summed E-state index contributed by atoms with van der Waals surface area (Å²) in [6, 6.07) is 89.9. The van der Waals surface area contributed by atoms with Crippen molar-refractivity contribution in [2.45, 2.75) is 135 Å². The van der Waals surface area contributed by atoms with Crippen molar-refractivity contribution >= 4 is 79.0 Å². The monoisotopic (exact) mass is 1900 g/mol. The Morgan fingerprint density at radius 1 is 0.390 bits per heavy atom. The molecule has 0 radical (unpaired) electrons. The van der Waals surface area contributed by atoms with Crippen molar-refractivity contribution in [3.05, 3.63) is 312 Å². The third kappa shape index (κ3) is 29.3. The summed E-state index contributed by atoms with van der Waals surface area (Å²) in [7, 11) is 9.61. The first-order valence-corrected chi connectivity index (χ1v) is 47.2. The summed E-state index contributed by atoms with van der Waals surface area (Å²) in [5, 5.41) is 77.5. The summed E-state index contributed by atoms with van der Waals surface area (Å²) in [4.78, 5) is 54.7. The molecule has 4 fully saturated rings. The zero-order valence-corrected chi connectivity index (χ0v) is 81.0. The van der Waals surface area contributed by atoms with Gasteiger partial charge in [0.1, 0.15) is 52.4 Å². The molecule has 4 saturated carbocycles. The molecule has 141 heavy (non-hydrogen) atoms. The van der Waals surface area contributed by atoms with Crippen LogP contribution in [0.15, 0.2) is 279 Å². The standard InChI is InChI=1S/C28H31BN4O3.C28H31BN2O5.C25H24N4O2.C18H18O5.C11H17BN2O/c1-29(34)33(23-11-12-23)18-19-5-4-6-22(15-19)30-28-17-26(31-32-28)21-9-7-20(8-10-21)25-14-13-24(35-2)16-27(25)36-3;1-29(34)31(23-11-12-23)18-19-5-4-6-22(15-19)30-28(33)17-26(32)21-9-7-20(8-10-21)25-14-13-24(35-2)16-27(25)36-3;30-21-10-11-22(24(31)13-21)17-4-6-18(7-5-17)23-14-25(29-28-23)27-20-3-1-2-16(12-20)15-26-19-8-9-19;1-21-14-8-9-15(17(10-14)22-2)12-4-6-13(7-5-12)16(19)11-18(20)23-3;1-12(15)14(11-5-6-11)8-9-3-2-4-10(13)7-9/h4-10,13-17,23,34H,11-12,18H2,1-3H3,(H2,30,31,32);4-10,13-16,23,34H,11-12,17-18H2,1-3H3,(H,30,33);1-7,10-14,19,26,30-31H,8-9,15H2,(H2,27,28,29);4-10H,11H2,1-3H3;2-4,7,11,15H,5-6,8,13H2,1H3. The molecule has 18 rings (SSSR count). The number of Topliss-reactive ketones (excluding diaryl/α,β-unsaturated/α-hetero) is 2. The molecule has 4 aliphatic carbocycles. The number of phenolic OH excluding ortho intramolecular Hbond substituents is 2. The van der Waals surface area contributed by atoms with E-state index in [4.69, 9.17) is 34.2 Å². The number of nitrogens with two attached hydrogens (primary N) is 1. The number of aromatic hydroxyl groups is 2. The molecule has 0 unspecified atom stereocenters. The van der Waals surface area contributed by atoms with E-state index in [-0.39, 0.29) is 48.9 Å². The molecule has 2 heterocycles. The third-order valence-corrected chi connectivity index (χ3v) is 24.6. The minimum Gasteiger partial charge on any atom is -0.508 e. The number of nitrogen functional groups attached to an aromatic ring is 1. The van der Waals surface area contributed by atoms with Gasteiger partial charge in [-0.15, -0.1) is 0 Å². The highest BCUT2D eigenvalue weighted by Gasteiger charge is 2.36. The predicted molar refractivity (Wildman–Crippen MR) is 558 cm³/mol. The number of esters is 1. The number of amides is 1. The minimum atomic E-state index is -0.545. The van der Waals surface area contributed by atoms with Crippen LogP contribution in [-0.2, 0) is 40.5 Å². The number of nitrogens with zero attached hydrogens (tertiary/aromatic N) is 5. The van der Waals surface area contributed by atoms with Crippen molar-refractivity contribution in [1.29, 1.82) is 0 Å². The van der Waals surface area contributed by atoms with Crippen LogP contribution in [0.5, 0.6) is 46.0 Å². The summed E-state index contributed by atoms with van der Waals surface area (Å²) in [5.74, 6) is 4.43. The zero-order valence-electron chi connectivity index (χ0n) is 81.0. The number of benzene rings is 12. The number of ketones is 2. The second kappa shape index (κ2) is 49.1. The van der Waals surface area contributed by atoms with Gasteiger partial charge in [0.15, 0.2) is 23.2 Å². The summed E-state index contributed by atoms with van der Waals surface area (Å²) in [6.45, 7) is 8.44. The minimum absolute atomic E-state index is 0.0417. The van der Waals surface area contributed by atoms with Gasteiger partial charge in [0, 0.05) is 143 Å². The fourth-order valence-corrected chi connectivity index (χ4v) is 16.4. The first-order valence-electron chi connectivity index (χ1n) is 47.2. The van der Waals surface area contributed by atoms with E-state index < -0.39 is 20.1 Å². The van der Waals surface area contributed by atoms with Crippen LogP contribution in [0, 0.1) is 0 Å². The topological polar surface area (TPSA) is 375 Å². The van der Waals surface area contributed by atoms with Crippen LogP contribution in [0.25, 0.3) is 67.0 Å². The molecule has 12 aromatic carbocycles. The number of carbonyl (C=O) groups excluding carboxylic acids is 4. The van der Waals surface area contributed by atoms with E-state index in [1.165, 1.54) is 50.0 Å². The molecule has 0 saturated heterocycles.